The largest absolute Gasteiger partial charge is 0.390 e. The van der Waals surface area contributed by atoms with Crippen LogP contribution in [-0.2, 0) is 4.79 Å². The molecule has 4 rings (SSSR count). The summed E-state index contributed by atoms with van der Waals surface area (Å²) in [5.74, 6) is 4.14. The van der Waals surface area contributed by atoms with Gasteiger partial charge in [0.1, 0.15) is 6.29 Å². The van der Waals surface area contributed by atoms with Gasteiger partial charge in [0.2, 0.25) is 0 Å². The fourth-order valence-electron chi connectivity index (χ4n) is 8.71. The zero-order valence-corrected chi connectivity index (χ0v) is 19.4. The lowest BCUT2D eigenvalue weighted by atomic mass is 9.46. The second-order valence-electron chi connectivity index (χ2n) is 11.8. The molecule has 4 aliphatic rings. The molecular weight excluding hydrogens is 356 g/mol. The third kappa shape index (κ3) is 3.46. The van der Waals surface area contributed by atoms with E-state index in [1.807, 2.05) is 0 Å². The number of aliphatic hydroxyl groups is 1. The van der Waals surface area contributed by atoms with E-state index in [2.05, 4.69) is 33.8 Å². The molecule has 3 fully saturated rings. The van der Waals surface area contributed by atoms with Gasteiger partial charge in [-0.1, -0.05) is 45.8 Å². The number of fused-ring (bicyclic) bond motifs is 5. The van der Waals surface area contributed by atoms with Crippen LogP contribution in [0.5, 0.6) is 0 Å². The number of unbranched alkanes of at least 4 members (excludes halogenated alkanes) is 1. The maximum Gasteiger partial charge on any atom is 0.119 e. The van der Waals surface area contributed by atoms with Gasteiger partial charge in [0, 0.05) is 6.42 Å². The molecule has 3 saturated carbocycles. The lowest BCUT2D eigenvalue weighted by molar-refractivity contribution is -0.108. The Balaban J connectivity index is 1.53. The fourth-order valence-corrected chi connectivity index (χ4v) is 8.71. The molecule has 0 aromatic rings. The van der Waals surface area contributed by atoms with Crippen molar-refractivity contribution in [2.24, 2.45) is 40.4 Å². The molecule has 164 valence electrons. The molecule has 0 amide bonds. The SMILES string of the molecule is CC[C@]1(O)CC[C@@]2(C)C(=CC[C@H]3[C@@H]4CC[C@H]([C@H](C)CCCC=O)[C@@]4(C)CC[C@@H]32)C1. The summed E-state index contributed by atoms with van der Waals surface area (Å²) in [4.78, 5) is 10.7. The Hall–Kier alpha value is -0.630. The minimum atomic E-state index is -0.448. The van der Waals surface area contributed by atoms with E-state index in [-0.39, 0.29) is 0 Å². The van der Waals surface area contributed by atoms with Crippen molar-refractivity contribution in [2.75, 3.05) is 0 Å². The third-order valence-electron chi connectivity index (χ3n) is 10.7. The average molecular weight is 401 g/mol. The minimum absolute atomic E-state index is 0.333. The summed E-state index contributed by atoms with van der Waals surface area (Å²) in [6.07, 6.45) is 17.5. The van der Waals surface area contributed by atoms with Gasteiger partial charge in [0.25, 0.3) is 0 Å². The number of hydrogen-bond acceptors (Lipinski definition) is 2. The van der Waals surface area contributed by atoms with Gasteiger partial charge >= 0.3 is 0 Å². The van der Waals surface area contributed by atoms with Crippen LogP contribution < -0.4 is 0 Å². The summed E-state index contributed by atoms with van der Waals surface area (Å²) >= 11 is 0. The predicted molar refractivity (Wildman–Crippen MR) is 120 cm³/mol. The topological polar surface area (TPSA) is 37.3 Å². The summed E-state index contributed by atoms with van der Waals surface area (Å²) < 4.78 is 0. The first kappa shape index (κ1) is 21.6. The molecule has 2 nitrogen and oxygen atoms in total. The van der Waals surface area contributed by atoms with Gasteiger partial charge in [-0.05, 0) is 105 Å². The molecule has 0 aromatic carbocycles. The molecule has 0 unspecified atom stereocenters. The summed E-state index contributed by atoms with van der Waals surface area (Å²) in [6.45, 7) is 9.78. The first-order valence-electron chi connectivity index (χ1n) is 12.6. The Labute approximate surface area is 178 Å². The highest BCUT2D eigenvalue weighted by Crippen LogP contribution is 2.67. The van der Waals surface area contributed by atoms with E-state index in [1.54, 1.807) is 5.57 Å². The van der Waals surface area contributed by atoms with E-state index in [0.717, 1.165) is 68.0 Å². The quantitative estimate of drug-likeness (QED) is 0.305. The highest BCUT2D eigenvalue weighted by molar-refractivity contribution is 5.48. The standard InChI is InChI=1S/C27H44O2/c1-5-27(29)16-15-25(3)20(18-27)9-10-21-23-12-11-22(19(2)8-6-7-17-28)26(23,4)14-13-24(21)25/h9,17,19,21-24,29H,5-8,10-16,18H2,1-4H3/t19-,21+,22-,23+,24+,25+,26-,27+/m1/s1. The van der Waals surface area contributed by atoms with Crippen molar-refractivity contribution in [2.45, 2.75) is 110 Å². The van der Waals surface area contributed by atoms with Crippen LogP contribution in [0.3, 0.4) is 0 Å². The maximum absolute atomic E-state index is 10.9. The number of rotatable bonds is 6. The van der Waals surface area contributed by atoms with Crippen molar-refractivity contribution >= 4 is 6.29 Å². The van der Waals surface area contributed by atoms with Crippen LogP contribution in [0.2, 0.25) is 0 Å². The number of aldehydes is 1. The zero-order chi connectivity index (χ0) is 20.9. The second kappa shape index (κ2) is 7.81. The maximum atomic E-state index is 10.9. The highest BCUT2D eigenvalue weighted by Gasteiger charge is 2.59. The van der Waals surface area contributed by atoms with Crippen LogP contribution >= 0.6 is 0 Å². The highest BCUT2D eigenvalue weighted by atomic mass is 16.3. The van der Waals surface area contributed by atoms with Crippen LogP contribution in [-0.4, -0.2) is 17.0 Å². The van der Waals surface area contributed by atoms with E-state index in [1.165, 1.54) is 44.9 Å². The van der Waals surface area contributed by atoms with Gasteiger partial charge in [-0.15, -0.1) is 0 Å². The van der Waals surface area contributed by atoms with Crippen LogP contribution in [0.1, 0.15) is 105 Å². The van der Waals surface area contributed by atoms with E-state index in [4.69, 9.17) is 0 Å². The average Bonchev–Trinajstić information content (AvgIpc) is 3.06. The van der Waals surface area contributed by atoms with Crippen molar-refractivity contribution in [1.29, 1.82) is 0 Å². The van der Waals surface area contributed by atoms with Crippen molar-refractivity contribution in [1.82, 2.24) is 0 Å². The number of carbonyl (C=O) groups excluding carboxylic acids is 1. The molecule has 1 N–H and O–H groups in total. The molecular formula is C27H44O2. The first-order valence-corrected chi connectivity index (χ1v) is 12.6. The summed E-state index contributed by atoms with van der Waals surface area (Å²) in [5.41, 5.74) is 1.98. The summed E-state index contributed by atoms with van der Waals surface area (Å²) in [7, 11) is 0. The number of allylic oxidation sites excluding steroid dienone is 1. The number of hydrogen-bond donors (Lipinski definition) is 1. The normalized spacial score (nSPS) is 47.6. The molecule has 0 radical (unpaired) electrons. The Morgan fingerprint density at radius 2 is 1.97 bits per heavy atom. The van der Waals surface area contributed by atoms with Crippen LogP contribution in [0.25, 0.3) is 0 Å². The minimum Gasteiger partial charge on any atom is -0.390 e. The van der Waals surface area contributed by atoms with E-state index in [0.29, 0.717) is 10.8 Å². The molecule has 0 aliphatic heterocycles. The Bertz CT molecular complexity index is 653. The molecule has 4 aliphatic carbocycles. The van der Waals surface area contributed by atoms with Crippen LogP contribution in [0.15, 0.2) is 11.6 Å². The fraction of sp³-hybridized carbons (Fsp3) is 0.889. The van der Waals surface area contributed by atoms with Crippen molar-refractivity contribution in [3.63, 3.8) is 0 Å². The Kier molecular flexibility index (Phi) is 5.82. The van der Waals surface area contributed by atoms with Gasteiger partial charge in [-0.2, -0.15) is 0 Å². The third-order valence-corrected chi connectivity index (χ3v) is 10.7. The van der Waals surface area contributed by atoms with Crippen molar-refractivity contribution in [3.8, 4) is 0 Å². The first-order chi connectivity index (χ1) is 13.8. The Morgan fingerprint density at radius 1 is 1.17 bits per heavy atom. The lowest BCUT2D eigenvalue weighted by Crippen LogP contribution is -2.52. The second-order valence-corrected chi connectivity index (χ2v) is 11.8. The summed E-state index contributed by atoms with van der Waals surface area (Å²) in [6, 6.07) is 0. The number of carbonyl (C=O) groups is 1. The van der Waals surface area contributed by atoms with Gasteiger partial charge < -0.3 is 9.90 Å². The molecule has 29 heavy (non-hydrogen) atoms. The van der Waals surface area contributed by atoms with Gasteiger partial charge in [-0.25, -0.2) is 0 Å². The van der Waals surface area contributed by atoms with Crippen LogP contribution in [0.4, 0.5) is 0 Å². The van der Waals surface area contributed by atoms with E-state index in [9.17, 15) is 9.90 Å². The molecule has 0 saturated heterocycles. The molecule has 0 aromatic heterocycles. The molecule has 0 bridgehead atoms. The smallest absolute Gasteiger partial charge is 0.119 e. The predicted octanol–water partition coefficient (Wildman–Crippen LogP) is 6.71. The molecule has 0 spiro atoms. The van der Waals surface area contributed by atoms with Gasteiger partial charge in [0.05, 0.1) is 5.60 Å². The van der Waals surface area contributed by atoms with Crippen molar-refractivity contribution < 1.29 is 9.90 Å². The molecule has 0 heterocycles. The van der Waals surface area contributed by atoms with Crippen LogP contribution in [0, 0.1) is 40.4 Å². The molecule has 8 atom stereocenters. The van der Waals surface area contributed by atoms with Crippen molar-refractivity contribution in [3.05, 3.63) is 11.6 Å². The summed E-state index contributed by atoms with van der Waals surface area (Å²) in [5, 5.41) is 10.9. The van der Waals surface area contributed by atoms with Gasteiger partial charge in [0.15, 0.2) is 0 Å². The Morgan fingerprint density at radius 3 is 2.69 bits per heavy atom. The monoisotopic (exact) mass is 400 g/mol. The zero-order valence-electron chi connectivity index (χ0n) is 19.4. The molecule has 2 heteroatoms. The van der Waals surface area contributed by atoms with E-state index >= 15 is 0 Å². The lowest BCUT2D eigenvalue weighted by Gasteiger charge is -2.59. The van der Waals surface area contributed by atoms with E-state index < -0.39 is 5.60 Å². The van der Waals surface area contributed by atoms with Gasteiger partial charge in [-0.3, -0.25) is 0 Å².